The smallest absolute Gasteiger partial charge is 0.339 e. The van der Waals surface area contributed by atoms with Crippen LogP contribution in [0.15, 0.2) is 64.8 Å². The van der Waals surface area contributed by atoms with Crippen LogP contribution in [0.4, 0.5) is 10.8 Å². The van der Waals surface area contributed by atoms with Crippen molar-refractivity contribution in [3.63, 3.8) is 0 Å². The average Bonchev–Trinajstić information content (AvgIpc) is 3.15. The summed E-state index contributed by atoms with van der Waals surface area (Å²) in [7, 11) is 2.04. The minimum Gasteiger partial charge on any atom is -0.339 e. The van der Waals surface area contributed by atoms with Crippen LogP contribution >= 0.6 is 11.3 Å². The van der Waals surface area contributed by atoms with E-state index >= 15 is 0 Å². The second-order valence-electron chi connectivity index (χ2n) is 6.61. The van der Waals surface area contributed by atoms with E-state index in [1.165, 1.54) is 16.1 Å². The van der Waals surface area contributed by atoms with Gasteiger partial charge in [-0.1, -0.05) is 48.5 Å². The molecule has 2 aromatic heterocycles. The molecule has 4 rings (SSSR count). The number of hydrogen-bond acceptors (Lipinski definition) is 3. The molecule has 0 bridgehead atoms. The van der Waals surface area contributed by atoms with Gasteiger partial charge in [-0.05, 0) is 43.3 Å². The van der Waals surface area contributed by atoms with E-state index in [1.54, 1.807) is 11.3 Å². The van der Waals surface area contributed by atoms with Gasteiger partial charge in [-0.2, -0.15) is 0 Å². The monoisotopic (exact) mass is 375 g/mol. The molecule has 0 N–H and O–H groups in total. The molecule has 0 aliphatic heterocycles. The predicted octanol–water partition coefficient (Wildman–Crippen LogP) is 6.25. The van der Waals surface area contributed by atoms with Gasteiger partial charge in [0.05, 0.1) is 28.2 Å². The summed E-state index contributed by atoms with van der Waals surface area (Å²) >= 11 is 1.68. The molecule has 27 heavy (non-hydrogen) atoms. The van der Waals surface area contributed by atoms with Gasteiger partial charge in [0, 0.05) is 17.5 Å². The number of hydrogen-bond donors (Lipinski definition) is 0. The standard InChI is InChI=1S/C22H23N4S/c1-5-26-19-14-10-9-13-18(19)20(21(26)17-11-7-6-8-12-17)23-24-22-25(4)15(2)16(3)27-22/h6-14H,5H2,1-4H3/q+1. The third-order valence-electron chi connectivity index (χ3n) is 5.09. The van der Waals surface area contributed by atoms with Gasteiger partial charge < -0.3 is 4.57 Å². The molecular weight excluding hydrogens is 352 g/mol. The number of fused-ring (bicyclic) bond motifs is 1. The number of azo groups is 1. The fourth-order valence-corrected chi connectivity index (χ4v) is 4.36. The van der Waals surface area contributed by atoms with Crippen LogP contribution in [0.5, 0.6) is 0 Å². The first-order chi connectivity index (χ1) is 13.1. The summed E-state index contributed by atoms with van der Waals surface area (Å²) < 4.78 is 4.43. The molecule has 0 unspecified atom stereocenters. The van der Waals surface area contributed by atoms with E-state index in [1.807, 2.05) is 13.1 Å². The summed E-state index contributed by atoms with van der Waals surface area (Å²) in [6, 6.07) is 18.9. The maximum Gasteiger partial charge on any atom is 0.408 e. The fourth-order valence-electron chi connectivity index (χ4n) is 3.44. The summed E-state index contributed by atoms with van der Waals surface area (Å²) in [5, 5.41) is 11.4. The van der Waals surface area contributed by atoms with Crippen LogP contribution in [0.1, 0.15) is 17.5 Å². The third kappa shape index (κ3) is 2.98. The zero-order valence-electron chi connectivity index (χ0n) is 16.1. The number of para-hydroxylation sites is 1. The van der Waals surface area contributed by atoms with Gasteiger partial charge in [-0.15, -0.1) is 0 Å². The Hall–Kier alpha value is -2.79. The fraction of sp³-hybridized carbons (Fsp3) is 0.227. The minimum atomic E-state index is 0.880. The SMILES string of the molecule is CCn1c(-c2ccccc2)c(N=Nc2sc(C)c(C)[n+]2C)c2ccccc21. The molecule has 0 radical (unpaired) electrons. The molecule has 5 heteroatoms. The Morgan fingerprint density at radius 2 is 1.67 bits per heavy atom. The van der Waals surface area contributed by atoms with Crippen molar-refractivity contribution in [3.05, 3.63) is 65.2 Å². The number of aromatic nitrogens is 2. The molecule has 0 saturated carbocycles. The molecule has 2 aromatic carbocycles. The van der Waals surface area contributed by atoms with Gasteiger partial charge in [0.15, 0.2) is 0 Å². The maximum atomic E-state index is 4.76. The number of benzene rings is 2. The number of nitrogens with zero attached hydrogens (tertiary/aromatic N) is 4. The van der Waals surface area contributed by atoms with Crippen molar-refractivity contribution in [3.8, 4) is 11.3 Å². The molecule has 0 aliphatic rings. The van der Waals surface area contributed by atoms with Crippen LogP contribution in [-0.2, 0) is 13.6 Å². The van der Waals surface area contributed by atoms with E-state index < -0.39 is 0 Å². The van der Waals surface area contributed by atoms with Crippen LogP contribution in [-0.4, -0.2) is 4.57 Å². The largest absolute Gasteiger partial charge is 0.408 e. The minimum absolute atomic E-state index is 0.880. The predicted molar refractivity (Wildman–Crippen MR) is 112 cm³/mol. The molecule has 2 heterocycles. The van der Waals surface area contributed by atoms with Gasteiger partial charge >= 0.3 is 5.13 Å². The van der Waals surface area contributed by atoms with E-state index in [4.69, 9.17) is 5.11 Å². The van der Waals surface area contributed by atoms with Crippen LogP contribution in [0.3, 0.4) is 0 Å². The van der Waals surface area contributed by atoms with Gasteiger partial charge in [0.2, 0.25) is 0 Å². The van der Waals surface area contributed by atoms with Crippen molar-refractivity contribution in [1.82, 2.24) is 4.57 Å². The van der Waals surface area contributed by atoms with Crippen molar-refractivity contribution in [1.29, 1.82) is 0 Å². The summed E-state index contributed by atoms with van der Waals surface area (Å²) in [4.78, 5) is 1.27. The lowest BCUT2D eigenvalue weighted by Gasteiger charge is -2.08. The molecule has 136 valence electrons. The molecular formula is C22H23N4S+. The molecule has 0 aliphatic carbocycles. The van der Waals surface area contributed by atoms with E-state index in [0.29, 0.717) is 0 Å². The first-order valence-electron chi connectivity index (χ1n) is 9.16. The normalized spacial score (nSPS) is 11.7. The van der Waals surface area contributed by atoms with Crippen LogP contribution in [0.25, 0.3) is 22.2 Å². The summed E-state index contributed by atoms with van der Waals surface area (Å²) in [6.45, 7) is 7.29. The zero-order valence-corrected chi connectivity index (χ0v) is 16.9. The molecule has 0 amide bonds. The molecule has 0 spiro atoms. The van der Waals surface area contributed by atoms with Gasteiger partial charge in [-0.25, -0.2) is 4.57 Å². The van der Waals surface area contributed by atoms with Crippen molar-refractivity contribution >= 4 is 33.1 Å². The molecule has 0 fully saturated rings. The summed E-state index contributed by atoms with van der Waals surface area (Å²) in [6.07, 6.45) is 0. The van der Waals surface area contributed by atoms with Crippen molar-refractivity contribution < 1.29 is 4.57 Å². The van der Waals surface area contributed by atoms with Gasteiger partial charge in [0.25, 0.3) is 0 Å². The lowest BCUT2D eigenvalue weighted by molar-refractivity contribution is -0.660. The maximum absolute atomic E-state index is 4.76. The van der Waals surface area contributed by atoms with E-state index in [2.05, 4.69) is 83.6 Å². The second kappa shape index (κ2) is 7.08. The lowest BCUT2D eigenvalue weighted by Crippen LogP contribution is -2.28. The van der Waals surface area contributed by atoms with Crippen LogP contribution in [0.2, 0.25) is 0 Å². The molecule has 0 atom stereocenters. The highest BCUT2D eigenvalue weighted by Crippen LogP contribution is 2.41. The second-order valence-corrected chi connectivity index (χ2v) is 7.79. The first-order valence-corrected chi connectivity index (χ1v) is 9.97. The molecule has 4 aromatic rings. The van der Waals surface area contributed by atoms with Crippen molar-refractivity contribution in [2.24, 2.45) is 17.3 Å². The van der Waals surface area contributed by atoms with Gasteiger partial charge in [0.1, 0.15) is 11.4 Å². The van der Waals surface area contributed by atoms with Crippen molar-refractivity contribution in [2.45, 2.75) is 27.3 Å². The Kier molecular flexibility index (Phi) is 4.62. The molecule has 4 nitrogen and oxygen atoms in total. The Bertz CT molecular complexity index is 1140. The number of aryl methyl sites for hydroxylation is 2. The van der Waals surface area contributed by atoms with E-state index in [-0.39, 0.29) is 0 Å². The highest BCUT2D eigenvalue weighted by atomic mass is 32.1. The summed E-state index contributed by atoms with van der Waals surface area (Å²) in [5.41, 5.74) is 5.63. The number of thiazole rings is 1. The van der Waals surface area contributed by atoms with Crippen molar-refractivity contribution in [2.75, 3.05) is 0 Å². The Labute approximate surface area is 163 Å². The topological polar surface area (TPSA) is 33.5 Å². The highest BCUT2D eigenvalue weighted by molar-refractivity contribution is 7.14. The quantitative estimate of drug-likeness (QED) is 0.298. The zero-order chi connectivity index (χ0) is 19.0. The average molecular weight is 376 g/mol. The van der Waals surface area contributed by atoms with Crippen LogP contribution in [0, 0.1) is 13.8 Å². The van der Waals surface area contributed by atoms with Crippen LogP contribution < -0.4 is 4.57 Å². The Balaban J connectivity index is 1.96. The van der Waals surface area contributed by atoms with E-state index in [0.717, 1.165) is 34.0 Å². The number of rotatable bonds is 4. The molecule has 0 saturated heterocycles. The lowest BCUT2D eigenvalue weighted by atomic mass is 10.1. The van der Waals surface area contributed by atoms with Gasteiger partial charge in [-0.3, -0.25) is 0 Å². The Morgan fingerprint density at radius 3 is 2.33 bits per heavy atom. The Morgan fingerprint density at radius 1 is 0.963 bits per heavy atom. The third-order valence-corrected chi connectivity index (χ3v) is 6.23. The first kappa shape index (κ1) is 17.6. The highest BCUT2D eigenvalue weighted by Gasteiger charge is 2.21. The van der Waals surface area contributed by atoms with E-state index in [9.17, 15) is 0 Å². The summed E-state index contributed by atoms with van der Waals surface area (Å²) in [5.74, 6) is 0.